The molecule has 0 aliphatic rings. The molecular weight excluding hydrogens is 420 g/mol. The number of fused-ring (bicyclic) bond motifs is 1. The lowest BCUT2D eigenvalue weighted by atomic mass is 10.0. The summed E-state index contributed by atoms with van der Waals surface area (Å²) < 4.78 is 59.1. The van der Waals surface area contributed by atoms with Crippen molar-refractivity contribution in [2.24, 2.45) is 0 Å². The highest BCUT2D eigenvalue weighted by Crippen LogP contribution is 2.30. The van der Waals surface area contributed by atoms with Gasteiger partial charge in [-0.2, -0.15) is 0 Å². The van der Waals surface area contributed by atoms with Crippen molar-refractivity contribution in [2.75, 3.05) is 5.75 Å². The van der Waals surface area contributed by atoms with E-state index in [0.29, 0.717) is 11.1 Å². The van der Waals surface area contributed by atoms with Gasteiger partial charge in [-0.3, -0.25) is 0 Å². The molecule has 0 saturated heterocycles. The molecule has 1 unspecified atom stereocenters. The fraction of sp³-hybridized carbons (Fsp3) is 0.211. The van der Waals surface area contributed by atoms with Gasteiger partial charge in [0.1, 0.15) is 0 Å². The van der Waals surface area contributed by atoms with Gasteiger partial charge >= 0.3 is 0 Å². The van der Waals surface area contributed by atoms with Crippen molar-refractivity contribution in [3.8, 4) is 0 Å². The van der Waals surface area contributed by atoms with Gasteiger partial charge in [-0.15, -0.1) is 21.5 Å². The molecule has 0 fully saturated rings. The summed E-state index contributed by atoms with van der Waals surface area (Å²) in [6.45, 7) is 1.59. The topological polar surface area (TPSA) is 86.0 Å². The van der Waals surface area contributed by atoms with Crippen molar-refractivity contribution in [1.82, 2.24) is 15.2 Å². The number of halogens is 2. The van der Waals surface area contributed by atoms with Crippen molar-refractivity contribution in [3.05, 3.63) is 71.4 Å². The second kappa shape index (κ2) is 7.60. The summed E-state index contributed by atoms with van der Waals surface area (Å²) in [7, 11) is -3.79. The van der Waals surface area contributed by atoms with E-state index in [0.717, 1.165) is 28.2 Å². The summed E-state index contributed by atoms with van der Waals surface area (Å²) in [4.78, 5) is 4.22. The lowest BCUT2D eigenvalue weighted by Crippen LogP contribution is -2.17. The van der Waals surface area contributed by atoms with E-state index in [4.69, 9.17) is 4.42 Å². The van der Waals surface area contributed by atoms with Crippen LogP contribution in [0.1, 0.15) is 23.3 Å². The molecule has 10 heteroatoms. The van der Waals surface area contributed by atoms with Crippen LogP contribution >= 0.6 is 11.3 Å². The van der Waals surface area contributed by atoms with Gasteiger partial charge in [0.25, 0.3) is 0 Å². The van der Waals surface area contributed by atoms with Crippen LogP contribution in [0.4, 0.5) is 8.78 Å². The molecule has 4 rings (SSSR count). The van der Waals surface area contributed by atoms with Gasteiger partial charge < -0.3 is 4.42 Å². The van der Waals surface area contributed by atoms with Gasteiger partial charge in [0.05, 0.1) is 21.9 Å². The van der Waals surface area contributed by atoms with Gasteiger partial charge in [-0.1, -0.05) is 18.2 Å². The molecule has 6 nitrogen and oxygen atoms in total. The Labute approximate surface area is 169 Å². The fourth-order valence-corrected chi connectivity index (χ4v) is 5.81. The Morgan fingerprint density at radius 1 is 1.10 bits per heavy atom. The summed E-state index contributed by atoms with van der Waals surface area (Å²) in [5.74, 6) is -2.66. The van der Waals surface area contributed by atoms with Crippen molar-refractivity contribution in [1.29, 1.82) is 0 Å². The van der Waals surface area contributed by atoms with E-state index in [1.54, 1.807) is 25.1 Å². The molecule has 2 heterocycles. The van der Waals surface area contributed by atoms with Gasteiger partial charge in [-0.05, 0) is 36.2 Å². The number of hydrogen-bond acceptors (Lipinski definition) is 7. The fourth-order valence-electron chi connectivity index (χ4n) is 2.97. The van der Waals surface area contributed by atoms with Crippen LogP contribution in [0.25, 0.3) is 10.2 Å². The van der Waals surface area contributed by atoms with Crippen LogP contribution in [0.2, 0.25) is 0 Å². The van der Waals surface area contributed by atoms with Crippen LogP contribution in [0, 0.1) is 18.6 Å². The first-order valence-corrected chi connectivity index (χ1v) is 11.1. The number of thiazole rings is 1. The van der Waals surface area contributed by atoms with Crippen molar-refractivity contribution in [2.45, 2.75) is 23.6 Å². The van der Waals surface area contributed by atoms with Crippen molar-refractivity contribution >= 4 is 31.4 Å². The van der Waals surface area contributed by atoms with Crippen molar-refractivity contribution in [3.63, 3.8) is 0 Å². The second-order valence-electron chi connectivity index (χ2n) is 6.54. The standard InChI is InChI=1S/C19H15F2N3O3S2/c1-11-23-24-18(27-11)13(8-12-6-7-14(20)15(21)9-12)10-29(25,26)19-22-16-4-2-3-5-17(16)28-19/h2-7,9,13H,8,10H2,1H3. The Morgan fingerprint density at radius 3 is 2.59 bits per heavy atom. The molecule has 0 spiro atoms. The molecule has 0 aliphatic heterocycles. The number of aryl methyl sites for hydroxylation is 1. The average molecular weight is 435 g/mol. The minimum Gasteiger partial charge on any atom is -0.425 e. The third kappa shape index (κ3) is 4.18. The summed E-state index contributed by atoms with van der Waals surface area (Å²) in [5.41, 5.74) is 1.02. The normalized spacial score (nSPS) is 13.1. The predicted molar refractivity (Wildman–Crippen MR) is 104 cm³/mol. The van der Waals surface area contributed by atoms with E-state index >= 15 is 0 Å². The summed E-state index contributed by atoms with van der Waals surface area (Å²) in [6.07, 6.45) is 0.0863. The van der Waals surface area contributed by atoms with Crippen LogP contribution in [0.3, 0.4) is 0 Å². The van der Waals surface area contributed by atoms with Crippen LogP contribution in [0.15, 0.2) is 51.2 Å². The maximum atomic E-state index is 13.6. The maximum absolute atomic E-state index is 13.6. The largest absolute Gasteiger partial charge is 0.425 e. The lowest BCUT2D eigenvalue weighted by molar-refractivity contribution is 0.434. The zero-order chi connectivity index (χ0) is 20.6. The Balaban J connectivity index is 1.67. The SMILES string of the molecule is Cc1nnc(C(Cc2ccc(F)c(F)c2)CS(=O)(=O)c2nc3ccccc3s2)o1. The van der Waals surface area contributed by atoms with Crippen LogP contribution in [0.5, 0.6) is 0 Å². The quantitative estimate of drug-likeness (QED) is 0.454. The monoisotopic (exact) mass is 435 g/mol. The lowest BCUT2D eigenvalue weighted by Gasteiger charge is -2.13. The molecule has 0 aliphatic carbocycles. The summed E-state index contributed by atoms with van der Waals surface area (Å²) in [6, 6.07) is 10.6. The predicted octanol–water partition coefficient (Wildman–Crippen LogP) is 4.07. The molecule has 0 N–H and O–H groups in total. The maximum Gasteiger partial charge on any atom is 0.220 e. The first-order valence-electron chi connectivity index (χ1n) is 8.64. The molecule has 2 aromatic heterocycles. The molecule has 0 radical (unpaired) electrons. The number of hydrogen-bond donors (Lipinski definition) is 0. The van der Waals surface area contributed by atoms with E-state index in [-0.39, 0.29) is 28.3 Å². The third-order valence-electron chi connectivity index (χ3n) is 4.32. The number of para-hydroxylation sites is 1. The first-order chi connectivity index (χ1) is 13.8. The van der Waals surface area contributed by atoms with Crippen LogP contribution < -0.4 is 0 Å². The third-order valence-corrected chi connectivity index (χ3v) is 7.63. The molecular formula is C19H15F2N3O3S2. The Bertz CT molecular complexity index is 1250. The first kappa shape index (κ1) is 19.6. The highest BCUT2D eigenvalue weighted by atomic mass is 32.2. The number of nitrogens with zero attached hydrogens (tertiary/aromatic N) is 3. The highest BCUT2D eigenvalue weighted by Gasteiger charge is 2.29. The number of rotatable bonds is 6. The molecule has 4 aromatic rings. The van der Waals surface area contributed by atoms with Crippen LogP contribution in [-0.2, 0) is 16.3 Å². The molecule has 29 heavy (non-hydrogen) atoms. The number of aromatic nitrogens is 3. The zero-order valence-corrected chi connectivity index (χ0v) is 16.8. The highest BCUT2D eigenvalue weighted by molar-refractivity contribution is 7.93. The molecule has 0 bridgehead atoms. The van der Waals surface area contributed by atoms with Crippen LogP contribution in [-0.4, -0.2) is 29.4 Å². The smallest absolute Gasteiger partial charge is 0.220 e. The minimum atomic E-state index is -3.79. The zero-order valence-electron chi connectivity index (χ0n) is 15.2. The van der Waals surface area contributed by atoms with Gasteiger partial charge in [0.2, 0.25) is 26.0 Å². The molecule has 2 aromatic carbocycles. The van der Waals surface area contributed by atoms with E-state index in [2.05, 4.69) is 15.2 Å². The minimum absolute atomic E-state index is 0.00905. The second-order valence-corrected chi connectivity index (χ2v) is 9.78. The molecule has 1 atom stereocenters. The average Bonchev–Trinajstić information content (AvgIpc) is 3.30. The number of benzene rings is 2. The molecule has 0 saturated carbocycles. The van der Waals surface area contributed by atoms with E-state index < -0.39 is 27.4 Å². The van der Waals surface area contributed by atoms with E-state index in [9.17, 15) is 17.2 Å². The Morgan fingerprint density at radius 2 is 1.90 bits per heavy atom. The number of sulfone groups is 1. The van der Waals surface area contributed by atoms with E-state index in [1.807, 2.05) is 6.07 Å². The summed E-state index contributed by atoms with van der Waals surface area (Å²) in [5, 5.41) is 7.70. The van der Waals surface area contributed by atoms with Gasteiger partial charge in [-0.25, -0.2) is 22.2 Å². The Hall–Kier alpha value is -2.72. The molecule has 150 valence electrons. The van der Waals surface area contributed by atoms with E-state index in [1.165, 1.54) is 6.07 Å². The summed E-state index contributed by atoms with van der Waals surface area (Å²) >= 11 is 1.08. The van der Waals surface area contributed by atoms with Gasteiger partial charge in [0.15, 0.2) is 11.6 Å². The molecule has 0 amide bonds. The Kier molecular flexibility index (Phi) is 5.13. The van der Waals surface area contributed by atoms with Gasteiger partial charge in [0, 0.05) is 6.92 Å². The van der Waals surface area contributed by atoms with Crippen molar-refractivity contribution < 1.29 is 21.6 Å².